The summed E-state index contributed by atoms with van der Waals surface area (Å²) in [7, 11) is 1.77. The summed E-state index contributed by atoms with van der Waals surface area (Å²) in [5.41, 5.74) is 3.63. The first-order valence-corrected chi connectivity index (χ1v) is 11.9. The van der Waals surface area contributed by atoms with E-state index in [1.807, 2.05) is 0 Å². The first-order chi connectivity index (χ1) is 14.2. The van der Waals surface area contributed by atoms with Crippen LogP contribution in [0.5, 0.6) is 5.75 Å². The number of aliphatic hydroxyl groups excluding tert-OH is 1. The summed E-state index contributed by atoms with van der Waals surface area (Å²) in [4.78, 5) is 0. The van der Waals surface area contributed by atoms with Gasteiger partial charge in [-0.1, -0.05) is 13.0 Å². The predicted molar refractivity (Wildman–Crippen MR) is 119 cm³/mol. The van der Waals surface area contributed by atoms with Gasteiger partial charge in [0.1, 0.15) is 5.75 Å². The number of methoxy groups -OCH3 is 1. The molecule has 1 unspecified atom stereocenters. The maximum Gasteiger partial charge on any atom is 0.119 e. The molecule has 0 amide bonds. The third-order valence-corrected chi connectivity index (χ3v) is 8.37. The molecule has 1 aromatic carbocycles. The number of ether oxygens (including phenoxy) is 1. The van der Waals surface area contributed by atoms with Gasteiger partial charge in [-0.15, -0.1) is 0 Å². The Morgan fingerprint density at radius 1 is 1.10 bits per heavy atom. The van der Waals surface area contributed by atoms with Gasteiger partial charge in [-0.05, 0) is 117 Å². The van der Waals surface area contributed by atoms with Crippen LogP contribution in [0, 0.1) is 17.3 Å². The van der Waals surface area contributed by atoms with Gasteiger partial charge in [0.05, 0.1) is 7.11 Å². The molecule has 3 aliphatic carbocycles. The molecule has 4 nitrogen and oxygen atoms in total. The van der Waals surface area contributed by atoms with Crippen molar-refractivity contribution in [3.8, 4) is 5.75 Å². The smallest absolute Gasteiger partial charge is 0.119 e. The summed E-state index contributed by atoms with van der Waals surface area (Å²) in [6.45, 7) is 5.95. The molecule has 3 N–H and O–H groups in total. The minimum Gasteiger partial charge on any atom is -0.497 e. The monoisotopic (exact) mass is 400 g/mol. The van der Waals surface area contributed by atoms with Crippen LogP contribution in [-0.2, 0) is 6.42 Å². The van der Waals surface area contributed by atoms with Gasteiger partial charge in [0.2, 0.25) is 0 Å². The molecule has 1 aromatic rings. The van der Waals surface area contributed by atoms with E-state index in [0.29, 0.717) is 11.5 Å². The second-order valence-electron chi connectivity index (χ2n) is 9.79. The third-order valence-electron chi connectivity index (χ3n) is 8.37. The van der Waals surface area contributed by atoms with Crippen LogP contribution in [0.15, 0.2) is 18.2 Å². The Morgan fingerprint density at radius 3 is 2.79 bits per heavy atom. The van der Waals surface area contributed by atoms with Crippen molar-refractivity contribution in [3.05, 3.63) is 29.3 Å². The highest BCUT2D eigenvalue weighted by Gasteiger charge is 2.54. The molecule has 4 rings (SSSR count). The maximum absolute atomic E-state index is 8.85. The zero-order valence-corrected chi connectivity index (χ0v) is 18.4. The largest absolute Gasteiger partial charge is 0.497 e. The summed E-state index contributed by atoms with van der Waals surface area (Å²) in [6.07, 6.45) is 10.0. The predicted octanol–water partition coefficient (Wildman–Crippen LogP) is 3.87. The second kappa shape index (κ2) is 9.36. The van der Waals surface area contributed by atoms with Gasteiger partial charge in [0.25, 0.3) is 0 Å². The molecule has 0 aromatic heterocycles. The van der Waals surface area contributed by atoms with Crippen LogP contribution >= 0.6 is 0 Å². The van der Waals surface area contributed by atoms with E-state index < -0.39 is 0 Å². The number of aliphatic hydroxyl groups is 1. The summed E-state index contributed by atoms with van der Waals surface area (Å²) in [5, 5.41) is 16.2. The molecule has 29 heavy (non-hydrogen) atoms. The molecule has 0 bridgehead atoms. The Morgan fingerprint density at radius 2 is 1.97 bits per heavy atom. The number of hydrogen-bond donors (Lipinski definition) is 3. The van der Waals surface area contributed by atoms with Crippen molar-refractivity contribution in [2.45, 2.75) is 70.3 Å². The second-order valence-corrected chi connectivity index (χ2v) is 9.79. The lowest BCUT2D eigenvalue weighted by molar-refractivity contribution is 0.0412. The Balaban J connectivity index is 1.35. The highest BCUT2D eigenvalue weighted by molar-refractivity contribution is 5.40. The fourth-order valence-corrected chi connectivity index (χ4v) is 6.84. The minimum absolute atomic E-state index is 0.285. The third kappa shape index (κ3) is 4.22. The van der Waals surface area contributed by atoms with Crippen LogP contribution in [0.4, 0.5) is 0 Å². The summed E-state index contributed by atoms with van der Waals surface area (Å²) in [5.74, 6) is 3.51. The number of aryl methyl sites for hydroxylation is 1. The number of rotatable bonds is 9. The molecule has 0 saturated heterocycles. The minimum atomic E-state index is 0.285. The van der Waals surface area contributed by atoms with Crippen molar-refractivity contribution in [2.75, 3.05) is 33.4 Å². The van der Waals surface area contributed by atoms with E-state index in [2.05, 4.69) is 35.8 Å². The summed E-state index contributed by atoms with van der Waals surface area (Å²) >= 11 is 0. The quantitative estimate of drug-likeness (QED) is 0.551. The van der Waals surface area contributed by atoms with Gasteiger partial charge < -0.3 is 20.5 Å². The van der Waals surface area contributed by atoms with Gasteiger partial charge >= 0.3 is 0 Å². The molecule has 5 atom stereocenters. The lowest BCUT2D eigenvalue weighted by atomic mass is 9.55. The Kier molecular flexibility index (Phi) is 6.83. The van der Waals surface area contributed by atoms with Gasteiger partial charge in [0, 0.05) is 12.6 Å². The van der Waals surface area contributed by atoms with Gasteiger partial charge in [-0.2, -0.15) is 0 Å². The Bertz CT molecular complexity index is 679. The molecule has 3 aliphatic rings. The van der Waals surface area contributed by atoms with Crippen molar-refractivity contribution in [3.63, 3.8) is 0 Å². The van der Waals surface area contributed by atoms with Crippen molar-refractivity contribution in [1.82, 2.24) is 10.6 Å². The van der Waals surface area contributed by atoms with Crippen LogP contribution in [0.3, 0.4) is 0 Å². The molecule has 0 heterocycles. The van der Waals surface area contributed by atoms with Crippen LogP contribution in [-0.4, -0.2) is 44.5 Å². The van der Waals surface area contributed by atoms with E-state index in [1.54, 1.807) is 12.7 Å². The van der Waals surface area contributed by atoms with Gasteiger partial charge in [-0.3, -0.25) is 0 Å². The first-order valence-electron chi connectivity index (χ1n) is 11.9. The zero-order chi connectivity index (χ0) is 20.3. The van der Waals surface area contributed by atoms with Crippen molar-refractivity contribution >= 4 is 0 Å². The molecule has 2 saturated carbocycles. The Labute approximate surface area is 176 Å². The lowest BCUT2D eigenvalue weighted by Gasteiger charge is -2.51. The van der Waals surface area contributed by atoms with Crippen molar-refractivity contribution in [2.24, 2.45) is 17.3 Å². The average molecular weight is 401 g/mol. The van der Waals surface area contributed by atoms with E-state index in [9.17, 15) is 0 Å². The van der Waals surface area contributed by atoms with E-state index in [-0.39, 0.29) is 6.61 Å². The van der Waals surface area contributed by atoms with E-state index in [1.165, 1.54) is 50.5 Å². The van der Waals surface area contributed by atoms with E-state index in [4.69, 9.17) is 9.84 Å². The normalized spacial score (nSPS) is 33.1. The molecular formula is C25H40N2O2. The number of benzene rings is 1. The number of fused-ring (bicyclic) bond motifs is 5. The molecule has 162 valence electrons. The highest BCUT2D eigenvalue weighted by atomic mass is 16.5. The van der Waals surface area contributed by atoms with Crippen LogP contribution in [0.2, 0.25) is 0 Å². The molecule has 0 spiro atoms. The van der Waals surface area contributed by atoms with Crippen molar-refractivity contribution in [1.29, 1.82) is 0 Å². The van der Waals surface area contributed by atoms with Crippen LogP contribution in [0.1, 0.15) is 68.9 Å². The van der Waals surface area contributed by atoms with E-state index >= 15 is 0 Å². The SMILES string of the molecule is COc1ccc2c(c1)CC[C@@H]1[C@@H]2CC[C@]2(C)C(NCCCNCCCO)CC[C@@H]12. The Hall–Kier alpha value is -1.10. The topological polar surface area (TPSA) is 53.5 Å². The van der Waals surface area contributed by atoms with Crippen molar-refractivity contribution < 1.29 is 9.84 Å². The molecular weight excluding hydrogens is 360 g/mol. The summed E-state index contributed by atoms with van der Waals surface area (Å²) < 4.78 is 5.47. The zero-order valence-electron chi connectivity index (χ0n) is 18.4. The van der Waals surface area contributed by atoms with Gasteiger partial charge in [0.15, 0.2) is 0 Å². The molecule has 2 fully saturated rings. The van der Waals surface area contributed by atoms with Crippen LogP contribution < -0.4 is 15.4 Å². The molecule has 4 heteroatoms. The average Bonchev–Trinajstić information content (AvgIpc) is 3.08. The summed E-state index contributed by atoms with van der Waals surface area (Å²) in [6, 6.07) is 7.50. The molecule has 0 aliphatic heterocycles. The standard InChI is InChI=1S/C25H40N2O2/c1-25-12-11-21-20-8-6-19(29-2)17-18(20)5-7-22(21)23(25)9-10-24(25)27-15-3-13-26-14-4-16-28/h6,8,17,21-24,26-28H,3-5,7,9-16H2,1-2H3/t21-,22-,23+,24?,25+/m1/s1. The number of nitrogens with one attached hydrogen (secondary N) is 2. The first kappa shape index (κ1) is 21.1. The van der Waals surface area contributed by atoms with E-state index in [0.717, 1.165) is 49.6 Å². The fourth-order valence-electron chi connectivity index (χ4n) is 6.84. The lowest BCUT2D eigenvalue weighted by Crippen LogP contribution is -2.49. The molecule has 0 radical (unpaired) electrons. The van der Waals surface area contributed by atoms with Gasteiger partial charge in [-0.25, -0.2) is 0 Å². The highest BCUT2D eigenvalue weighted by Crippen LogP contribution is 2.60. The van der Waals surface area contributed by atoms with Crippen LogP contribution in [0.25, 0.3) is 0 Å². The number of hydrogen-bond acceptors (Lipinski definition) is 4. The fraction of sp³-hybridized carbons (Fsp3) is 0.760. The maximum atomic E-state index is 8.85.